The third kappa shape index (κ3) is 58.4. The molecule has 452 valence electrons. The highest BCUT2D eigenvalue weighted by Crippen LogP contribution is 2.43. The average Bonchev–Trinajstić information content (AvgIpc) is 3.39. The summed E-state index contributed by atoms with van der Waals surface area (Å²) >= 11 is 0. The fourth-order valence-corrected chi connectivity index (χ4v) is 10.4. The molecular formula is C67H128N2O7P+. The van der Waals surface area contributed by atoms with Gasteiger partial charge in [0.2, 0.25) is 5.91 Å². The van der Waals surface area contributed by atoms with Crippen LogP contribution in [0.2, 0.25) is 0 Å². The fourth-order valence-electron chi connectivity index (χ4n) is 9.65. The summed E-state index contributed by atoms with van der Waals surface area (Å²) in [7, 11) is 1.49. The van der Waals surface area contributed by atoms with Crippen LogP contribution in [0.4, 0.5) is 0 Å². The number of likely N-dealkylation sites (N-methyl/N-ethyl adjacent to an activating group) is 1. The van der Waals surface area contributed by atoms with Crippen LogP contribution >= 0.6 is 7.82 Å². The Morgan fingerprint density at radius 1 is 0.455 bits per heavy atom. The van der Waals surface area contributed by atoms with E-state index in [1.807, 2.05) is 33.3 Å². The van der Waals surface area contributed by atoms with Gasteiger partial charge in [-0.05, 0) is 70.3 Å². The standard InChI is InChI=1S/C67H127N2O7P/c1-7-10-13-16-19-22-25-27-29-31-32-33-34-35-36-38-39-41-44-47-50-53-56-59-66(70)68-64(63-75-77(72,73)74-62-61-69(4,5)6)65(58-55-52-49-46-43-24-21-18-15-12-9-3)76-67(71)60-57-54-51-48-45-42-40-37-30-28-26-23-20-17-14-11-8-2/h20,23,28,30,40,42,55,58,64-65H,7-19,21-22,24-27,29,31-39,41,43-54,56-57,59-63H2,1-6H3,(H-,68,70,72,73)/p+1/b23-20-,30-28-,42-40-,58-55+. The number of carbonyl (C=O) groups is 2. The Hall–Kier alpha value is -2.03. The largest absolute Gasteiger partial charge is 0.472 e. The number of rotatable bonds is 60. The van der Waals surface area contributed by atoms with Gasteiger partial charge < -0.3 is 19.4 Å². The van der Waals surface area contributed by atoms with Crippen LogP contribution in [-0.2, 0) is 27.9 Å². The number of carbonyl (C=O) groups excluding carboxylic acids is 2. The Labute approximate surface area is 478 Å². The summed E-state index contributed by atoms with van der Waals surface area (Å²) in [5, 5.41) is 3.06. The lowest BCUT2D eigenvalue weighted by molar-refractivity contribution is -0.870. The molecule has 0 aliphatic heterocycles. The van der Waals surface area contributed by atoms with E-state index in [2.05, 4.69) is 62.5 Å². The molecule has 2 N–H and O–H groups in total. The molecule has 0 radical (unpaired) electrons. The molecule has 77 heavy (non-hydrogen) atoms. The van der Waals surface area contributed by atoms with Crippen LogP contribution in [0.25, 0.3) is 0 Å². The molecule has 0 spiro atoms. The van der Waals surface area contributed by atoms with Crippen LogP contribution in [0.15, 0.2) is 48.6 Å². The zero-order chi connectivity index (χ0) is 56.4. The topological polar surface area (TPSA) is 111 Å². The number of hydrogen-bond acceptors (Lipinski definition) is 6. The second-order valence-corrected chi connectivity index (χ2v) is 25.1. The van der Waals surface area contributed by atoms with Crippen molar-refractivity contribution < 1.29 is 37.3 Å². The zero-order valence-electron chi connectivity index (χ0n) is 51.7. The maximum atomic E-state index is 13.6. The van der Waals surface area contributed by atoms with Crippen molar-refractivity contribution >= 4 is 19.7 Å². The number of nitrogens with zero attached hydrogens (tertiary/aromatic N) is 1. The maximum absolute atomic E-state index is 13.6. The summed E-state index contributed by atoms with van der Waals surface area (Å²) < 4.78 is 30.7. The number of phosphoric acid groups is 1. The monoisotopic (exact) mass is 1100 g/mol. The second kappa shape index (κ2) is 57.2. The number of phosphoric ester groups is 1. The van der Waals surface area contributed by atoms with E-state index in [-0.39, 0.29) is 31.5 Å². The first-order chi connectivity index (χ1) is 37.4. The van der Waals surface area contributed by atoms with Crippen LogP contribution in [0, 0.1) is 0 Å². The molecule has 9 nitrogen and oxygen atoms in total. The van der Waals surface area contributed by atoms with Gasteiger partial charge in [0.05, 0.1) is 33.8 Å². The zero-order valence-corrected chi connectivity index (χ0v) is 52.6. The summed E-state index contributed by atoms with van der Waals surface area (Å²) in [6.45, 7) is 7.00. The summed E-state index contributed by atoms with van der Waals surface area (Å²) in [6.07, 6.45) is 71.2. The molecular weight excluding hydrogens is 976 g/mol. The van der Waals surface area contributed by atoms with Crippen molar-refractivity contribution in [2.45, 2.75) is 328 Å². The van der Waals surface area contributed by atoms with Crippen molar-refractivity contribution in [3.8, 4) is 0 Å². The van der Waals surface area contributed by atoms with Crippen LogP contribution in [-0.4, -0.2) is 74.3 Å². The SMILES string of the molecule is CCCCC/C=C\C/C=C\C/C=C\CCCCCCC(=O)OC(/C=C/CCCCCCCCCCC)C(COP(=O)(O)OCC[N+](C)(C)C)NC(=O)CCCCCCCCCCCCCCCCCCCCCCCCC. The summed E-state index contributed by atoms with van der Waals surface area (Å²) in [6, 6.07) is -0.855. The predicted octanol–water partition coefficient (Wildman–Crippen LogP) is 20.5. The van der Waals surface area contributed by atoms with Gasteiger partial charge in [-0.15, -0.1) is 0 Å². The molecule has 0 heterocycles. The number of allylic oxidation sites excluding steroid dienone is 7. The summed E-state index contributed by atoms with van der Waals surface area (Å²) in [5.41, 5.74) is 0. The Kier molecular flexibility index (Phi) is 55.7. The van der Waals surface area contributed by atoms with Gasteiger partial charge in [0, 0.05) is 12.8 Å². The average molecular weight is 1100 g/mol. The second-order valence-electron chi connectivity index (χ2n) is 23.6. The van der Waals surface area contributed by atoms with E-state index in [1.165, 1.54) is 199 Å². The van der Waals surface area contributed by atoms with E-state index >= 15 is 0 Å². The lowest BCUT2D eigenvalue weighted by atomic mass is 10.0. The number of quaternary nitrogens is 1. The number of esters is 1. The quantitative estimate of drug-likeness (QED) is 0.0205. The van der Waals surface area contributed by atoms with Gasteiger partial charge in [-0.2, -0.15) is 0 Å². The first-order valence-corrected chi connectivity index (χ1v) is 34.5. The van der Waals surface area contributed by atoms with E-state index in [4.69, 9.17) is 13.8 Å². The number of hydrogen-bond donors (Lipinski definition) is 2. The number of unbranched alkanes of at least 4 members (excludes halogenated alkanes) is 38. The highest BCUT2D eigenvalue weighted by Gasteiger charge is 2.30. The molecule has 10 heteroatoms. The molecule has 1 amide bonds. The Bertz CT molecular complexity index is 1460. The Balaban J connectivity index is 5.11. The van der Waals surface area contributed by atoms with Gasteiger partial charge in [-0.1, -0.05) is 282 Å². The summed E-state index contributed by atoms with van der Waals surface area (Å²) in [5.74, 6) is -0.518. The van der Waals surface area contributed by atoms with Crippen molar-refractivity contribution in [1.29, 1.82) is 0 Å². The van der Waals surface area contributed by atoms with Crippen molar-refractivity contribution in [3.63, 3.8) is 0 Å². The lowest BCUT2D eigenvalue weighted by Gasteiger charge is -2.27. The van der Waals surface area contributed by atoms with Crippen molar-refractivity contribution in [2.24, 2.45) is 0 Å². The molecule has 0 bridgehead atoms. The van der Waals surface area contributed by atoms with E-state index in [9.17, 15) is 19.0 Å². The normalized spacial score (nSPS) is 13.9. The van der Waals surface area contributed by atoms with Gasteiger partial charge >= 0.3 is 13.8 Å². The first-order valence-electron chi connectivity index (χ1n) is 33.0. The Morgan fingerprint density at radius 3 is 1.21 bits per heavy atom. The minimum Gasteiger partial charge on any atom is -0.456 e. The molecule has 0 aliphatic carbocycles. The van der Waals surface area contributed by atoms with Crippen molar-refractivity contribution in [1.82, 2.24) is 5.32 Å². The van der Waals surface area contributed by atoms with E-state index in [1.54, 1.807) is 0 Å². The van der Waals surface area contributed by atoms with Gasteiger partial charge in [-0.3, -0.25) is 18.6 Å². The Morgan fingerprint density at radius 2 is 0.792 bits per heavy atom. The third-order valence-corrected chi connectivity index (χ3v) is 15.8. The number of nitrogens with one attached hydrogen (secondary N) is 1. The minimum atomic E-state index is -4.45. The van der Waals surface area contributed by atoms with E-state index < -0.39 is 20.0 Å². The smallest absolute Gasteiger partial charge is 0.456 e. The summed E-state index contributed by atoms with van der Waals surface area (Å²) in [4.78, 5) is 37.7. The molecule has 3 unspecified atom stereocenters. The number of ether oxygens (including phenoxy) is 1. The molecule has 0 aromatic rings. The van der Waals surface area contributed by atoms with Crippen LogP contribution in [0.3, 0.4) is 0 Å². The number of amides is 1. The van der Waals surface area contributed by atoms with Crippen molar-refractivity contribution in [3.05, 3.63) is 48.6 Å². The van der Waals surface area contributed by atoms with Gasteiger partial charge in [0.1, 0.15) is 19.3 Å². The fraction of sp³-hybridized carbons (Fsp3) is 0.851. The van der Waals surface area contributed by atoms with E-state index in [0.717, 1.165) is 77.0 Å². The maximum Gasteiger partial charge on any atom is 0.472 e. The van der Waals surface area contributed by atoms with Crippen LogP contribution in [0.1, 0.15) is 316 Å². The van der Waals surface area contributed by atoms with E-state index in [0.29, 0.717) is 23.9 Å². The lowest BCUT2D eigenvalue weighted by Crippen LogP contribution is -2.47. The van der Waals surface area contributed by atoms with Gasteiger partial charge in [0.25, 0.3) is 0 Å². The molecule has 0 saturated carbocycles. The van der Waals surface area contributed by atoms with Gasteiger partial charge in [-0.25, -0.2) is 4.57 Å². The molecule has 0 aromatic carbocycles. The third-order valence-electron chi connectivity index (χ3n) is 14.8. The highest BCUT2D eigenvalue weighted by molar-refractivity contribution is 7.47. The highest BCUT2D eigenvalue weighted by atomic mass is 31.2. The minimum absolute atomic E-state index is 0.0376. The molecule has 0 aliphatic rings. The molecule has 3 atom stereocenters. The molecule has 0 saturated heterocycles. The first kappa shape index (κ1) is 75.0. The van der Waals surface area contributed by atoms with Gasteiger partial charge in [0.15, 0.2) is 0 Å². The molecule has 0 fully saturated rings. The molecule has 0 aromatic heterocycles. The predicted molar refractivity (Wildman–Crippen MR) is 332 cm³/mol. The van der Waals surface area contributed by atoms with Crippen molar-refractivity contribution in [2.75, 3.05) is 40.9 Å². The molecule has 0 rings (SSSR count). The van der Waals surface area contributed by atoms with Crippen LogP contribution < -0.4 is 5.32 Å². The van der Waals surface area contributed by atoms with Crippen LogP contribution in [0.5, 0.6) is 0 Å².